The van der Waals surface area contributed by atoms with E-state index >= 15 is 0 Å². The van der Waals surface area contributed by atoms with Crippen molar-refractivity contribution < 1.29 is 9.90 Å². The van der Waals surface area contributed by atoms with Gasteiger partial charge < -0.3 is 5.11 Å². The summed E-state index contributed by atoms with van der Waals surface area (Å²) in [4.78, 5) is 13.6. The molecule has 1 N–H and O–H groups in total. The molecule has 0 spiro atoms. The summed E-state index contributed by atoms with van der Waals surface area (Å²) >= 11 is 0. The molecule has 0 unspecified atom stereocenters. The summed E-state index contributed by atoms with van der Waals surface area (Å²) in [5, 5.41) is 15.1. The second-order valence-electron chi connectivity index (χ2n) is 6.23. The molecular formula is C16H21N3O2. The van der Waals surface area contributed by atoms with E-state index in [4.69, 9.17) is 0 Å². The average Bonchev–Trinajstić information content (AvgIpc) is 2.79. The van der Waals surface area contributed by atoms with E-state index in [0.29, 0.717) is 12.8 Å². The number of fused-ring (bicyclic) bond motifs is 1. The Labute approximate surface area is 124 Å². The highest BCUT2D eigenvalue weighted by Crippen LogP contribution is 2.32. The Hall–Kier alpha value is -1.88. The lowest BCUT2D eigenvalue weighted by molar-refractivity contribution is -0.150. The maximum Gasteiger partial charge on any atom is 0.309 e. The van der Waals surface area contributed by atoms with Crippen molar-refractivity contribution in [3.8, 4) is 0 Å². The molecule has 1 aromatic carbocycles. The van der Waals surface area contributed by atoms with Gasteiger partial charge in [0.2, 0.25) is 0 Å². The highest BCUT2D eigenvalue weighted by Gasteiger charge is 2.36. The van der Waals surface area contributed by atoms with Crippen LogP contribution >= 0.6 is 0 Å². The lowest BCUT2D eigenvalue weighted by Crippen LogP contribution is -2.42. The first-order chi connectivity index (χ1) is 9.99. The molecule has 2 heterocycles. The molecule has 21 heavy (non-hydrogen) atoms. The Morgan fingerprint density at radius 1 is 1.33 bits per heavy atom. The van der Waals surface area contributed by atoms with Crippen LogP contribution in [0.25, 0.3) is 10.9 Å². The molecule has 0 amide bonds. The van der Waals surface area contributed by atoms with Crippen molar-refractivity contribution >= 4 is 16.9 Å². The van der Waals surface area contributed by atoms with Crippen LogP contribution in [-0.2, 0) is 18.4 Å². The number of carboxylic acids is 1. The van der Waals surface area contributed by atoms with Crippen LogP contribution in [0.3, 0.4) is 0 Å². The Morgan fingerprint density at radius 2 is 2.00 bits per heavy atom. The van der Waals surface area contributed by atoms with E-state index in [2.05, 4.69) is 22.1 Å². The Balaban J connectivity index is 1.74. The minimum absolute atomic E-state index is 0.567. The number of carbonyl (C=O) groups is 1. The first kappa shape index (κ1) is 14.1. The SMILES string of the molecule is Cn1nc(CN2CCC(C)(C(=O)O)CC2)c2ccccc21. The fourth-order valence-electron chi connectivity index (χ4n) is 3.04. The van der Waals surface area contributed by atoms with Crippen LogP contribution in [0.15, 0.2) is 24.3 Å². The van der Waals surface area contributed by atoms with Crippen LogP contribution in [0, 0.1) is 5.41 Å². The number of para-hydroxylation sites is 1. The molecule has 1 aliphatic heterocycles. The molecule has 0 atom stereocenters. The minimum atomic E-state index is -0.676. The zero-order valence-electron chi connectivity index (χ0n) is 12.5. The average molecular weight is 287 g/mol. The zero-order valence-corrected chi connectivity index (χ0v) is 12.5. The summed E-state index contributed by atoms with van der Waals surface area (Å²) in [5.74, 6) is -0.676. The maximum absolute atomic E-state index is 11.3. The molecule has 0 aliphatic carbocycles. The fraction of sp³-hybridized carbons (Fsp3) is 0.500. The van der Waals surface area contributed by atoms with Crippen LogP contribution in [0.2, 0.25) is 0 Å². The van der Waals surface area contributed by atoms with Crippen molar-refractivity contribution in [3.63, 3.8) is 0 Å². The van der Waals surface area contributed by atoms with Gasteiger partial charge in [-0.05, 0) is 38.9 Å². The first-order valence-corrected chi connectivity index (χ1v) is 7.36. The molecule has 2 aromatic rings. The van der Waals surface area contributed by atoms with Crippen molar-refractivity contribution in [2.45, 2.75) is 26.3 Å². The second-order valence-corrected chi connectivity index (χ2v) is 6.23. The summed E-state index contributed by atoms with van der Waals surface area (Å²) < 4.78 is 1.91. The lowest BCUT2D eigenvalue weighted by Gasteiger charge is -2.36. The van der Waals surface area contributed by atoms with E-state index < -0.39 is 11.4 Å². The van der Waals surface area contributed by atoms with Gasteiger partial charge in [-0.3, -0.25) is 14.4 Å². The van der Waals surface area contributed by atoms with Gasteiger partial charge in [0.25, 0.3) is 0 Å². The van der Waals surface area contributed by atoms with Crippen LogP contribution in [0.4, 0.5) is 0 Å². The van der Waals surface area contributed by atoms with Gasteiger partial charge in [-0.15, -0.1) is 0 Å². The summed E-state index contributed by atoms with van der Waals surface area (Å²) in [6.45, 7) is 4.27. The van der Waals surface area contributed by atoms with E-state index in [9.17, 15) is 9.90 Å². The number of nitrogens with zero attached hydrogens (tertiary/aromatic N) is 3. The molecule has 1 aliphatic rings. The van der Waals surface area contributed by atoms with Gasteiger partial charge in [0.1, 0.15) is 0 Å². The molecule has 0 radical (unpaired) electrons. The number of piperidine rings is 1. The quantitative estimate of drug-likeness (QED) is 0.940. The van der Waals surface area contributed by atoms with E-state index in [1.54, 1.807) is 0 Å². The highest BCUT2D eigenvalue weighted by atomic mass is 16.4. The molecule has 1 saturated heterocycles. The number of hydrogen-bond acceptors (Lipinski definition) is 3. The predicted molar refractivity (Wildman–Crippen MR) is 81.0 cm³/mol. The Bertz CT molecular complexity index is 669. The molecule has 5 nitrogen and oxygen atoms in total. The van der Waals surface area contributed by atoms with Crippen molar-refractivity contribution in [1.29, 1.82) is 0 Å². The number of carboxylic acid groups (broad SMARTS) is 1. The lowest BCUT2D eigenvalue weighted by atomic mass is 9.80. The molecule has 112 valence electrons. The largest absolute Gasteiger partial charge is 0.481 e. The van der Waals surface area contributed by atoms with Crippen molar-refractivity contribution in [3.05, 3.63) is 30.0 Å². The van der Waals surface area contributed by atoms with Crippen molar-refractivity contribution in [2.24, 2.45) is 12.5 Å². The van der Waals surface area contributed by atoms with Crippen molar-refractivity contribution in [1.82, 2.24) is 14.7 Å². The summed E-state index contributed by atoms with van der Waals surface area (Å²) in [5.41, 5.74) is 1.65. The summed E-state index contributed by atoms with van der Waals surface area (Å²) in [6, 6.07) is 8.23. The Morgan fingerprint density at radius 3 is 2.67 bits per heavy atom. The van der Waals surface area contributed by atoms with Gasteiger partial charge in [0, 0.05) is 19.0 Å². The van der Waals surface area contributed by atoms with Gasteiger partial charge in [0.15, 0.2) is 0 Å². The molecule has 1 fully saturated rings. The topological polar surface area (TPSA) is 58.4 Å². The van der Waals surface area contributed by atoms with Gasteiger partial charge in [-0.1, -0.05) is 18.2 Å². The number of aromatic nitrogens is 2. The third kappa shape index (κ3) is 2.53. The highest BCUT2D eigenvalue weighted by molar-refractivity contribution is 5.81. The van der Waals surface area contributed by atoms with Crippen LogP contribution in [0.1, 0.15) is 25.5 Å². The summed E-state index contributed by atoms with van der Waals surface area (Å²) in [6.07, 6.45) is 1.40. The summed E-state index contributed by atoms with van der Waals surface area (Å²) in [7, 11) is 1.96. The Kier molecular flexibility index (Phi) is 3.45. The van der Waals surface area contributed by atoms with Crippen LogP contribution in [-0.4, -0.2) is 38.8 Å². The fourth-order valence-corrected chi connectivity index (χ4v) is 3.04. The number of rotatable bonds is 3. The maximum atomic E-state index is 11.3. The van der Waals surface area contributed by atoms with Gasteiger partial charge in [0.05, 0.1) is 16.6 Å². The van der Waals surface area contributed by atoms with E-state index in [1.807, 2.05) is 30.8 Å². The number of likely N-dealkylation sites (tertiary alicyclic amines) is 1. The predicted octanol–water partition coefficient (Wildman–Crippen LogP) is 2.26. The number of benzene rings is 1. The molecule has 0 bridgehead atoms. The molecule has 5 heteroatoms. The molecule has 0 saturated carbocycles. The standard InChI is InChI=1S/C16H21N3O2/c1-16(15(20)21)7-9-19(10-8-16)11-13-12-5-3-4-6-14(12)18(2)17-13/h3-6H,7-11H2,1-2H3,(H,20,21). The van der Waals surface area contributed by atoms with Gasteiger partial charge >= 0.3 is 5.97 Å². The third-order valence-corrected chi connectivity index (χ3v) is 4.68. The van der Waals surface area contributed by atoms with Crippen LogP contribution in [0.5, 0.6) is 0 Å². The zero-order chi connectivity index (χ0) is 15.0. The smallest absolute Gasteiger partial charge is 0.309 e. The van der Waals surface area contributed by atoms with E-state index in [1.165, 1.54) is 5.39 Å². The number of hydrogen-bond donors (Lipinski definition) is 1. The van der Waals surface area contributed by atoms with E-state index in [0.717, 1.165) is 30.8 Å². The van der Waals surface area contributed by atoms with E-state index in [-0.39, 0.29) is 0 Å². The molecular weight excluding hydrogens is 266 g/mol. The molecule has 3 rings (SSSR count). The van der Waals surface area contributed by atoms with Crippen LogP contribution < -0.4 is 0 Å². The minimum Gasteiger partial charge on any atom is -0.481 e. The first-order valence-electron chi connectivity index (χ1n) is 7.36. The molecule has 1 aromatic heterocycles. The third-order valence-electron chi connectivity index (χ3n) is 4.68. The number of aryl methyl sites for hydroxylation is 1. The van der Waals surface area contributed by atoms with Crippen molar-refractivity contribution in [2.75, 3.05) is 13.1 Å². The van der Waals surface area contributed by atoms with Gasteiger partial charge in [-0.2, -0.15) is 5.10 Å². The monoisotopic (exact) mass is 287 g/mol. The normalized spacial score (nSPS) is 19.0. The second kappa shape index (κ2) is 5.15. The number of aliphatic carboxylic acids is 1. The van der Waals surface area contributed by atoms with Gasteiger partial charge in [-0.25, -0.2) is 0 Å².